The van der Waals surface area contributed by atoms with Crippen molar-refractivity contribution in [3.8, 4) is 5.75 Å². The van der Waals surface area contributed by atoms with Crippen molar-refractivity contribution in [1.82, 2.24) is 5.32 Å². The summed E-state index contributed by atoms with van der Waals surface area (Å²) in [5.74, 6) is -1.04. The van der Waals surface area contributed by atoms with Gasteiger partial charge in [-0.1, -0.05) is 18.2 Å². The number of nitrogens with one attached hydrogen (secondary N) is 1. The molecule has 1 aromatic rings. The number of hydrogen-bond acceptors (Lipinski definition) is 5. The normalized spacial score (nSPS) is 13.3. The van der Waals surface area contributed by atoms with E-state index >= 15 is 0 Å². The molecule has 1 heterocycles. The first-order valence-corrected chi connectivity index (χ1v) is 7.01. The lowest BCUT2D eigenvalue weighted by molar-refractivity contribution is -0.144. The average molecular weight is 315 g/mol. The molecule has 0 saturated heterocycles. The van der Waals surface area contributed by atoms with Gasteiger partial charge in [0, 0.05) is 17.2 Å². The van der Waals surface area contributed by atoms with Crippen LogP contribution in [0, 0.1) is 0 Å². The Morgan fingerprint density at radius 3 is 2.74 bits per heavy atom. The second-order valence-electron chi connectivity index (χ2n) is 4.96. The predicted octanol–water partition coefficient (Wildman–Crippen LogP) is 1.44. The van der Waals surface area contributed by atoms with Crippen LogP contribution in [-0.2, 0) is 32.1 Å². The number of carbonyl (C=O) groups is 3. The summed E-state index contributed by atoms with van der Waals surface area (Å²) in [7, 11) is 1.54. The van der Waals surface area contributed by atoms with Crippen molar-refractivity contribution in [3.05, 3.63) is 53.6 Å². The molecule has 23 heavy (non-hydrogen) atoms. The fourth-order valence-electron chi connectivity index (χ4n) is 2.15. The van der Waals surface area contributed by atoms with Gasteiger partial charge >= 0.3 is 5.97 Å². The maximum atomic E-state index is 11.8. The fourth-order valence-corrected chi connectivity index (χ4v) is 2.15. The van der Waals surface area contributed by atoms with Gasteiger partial charge < -0.3 is 9.47 Å². The van der Waals surface area contributed by atoms with E-state index in [0.29, 0.717) is 12.2 Å². The lowest BCUT2D eigenvalue weighted by Gasteiger charge is -2.11. The van der Waals surface area contributed by atoms with Gasteiger partial charge in [-0.3, -0.25) is 19.7 Å². The Morgan fingerprint density at radius 2 is 2.13 bits per heavy atom. The number of rotatable bonds is 7. The molecule has 2 rings (SSSR count). The van der Waals surface area contributed by atoms with Gasteiger partial charge in [-0.25, -0.2) is 0 Å². The number of esters is 1. The molecule has 6 heteroatoms. The average Bonchev–Trinajstić information content (AvgIpc) is 2.83. The molecule has 2 amide bonds. The number of ether oxygens (including phenoxy) is 2. The van der Waals surface area contributed by atoms with E-state index in [2.05, 4.69) is 11.9 Å². The second-order valence-corrected chi connectivity index (χ2v) is 4.96. The van der Waals surface area contributed by atoms with Crippen LogP contribution in [0.2, 0.25) is 0 Å². The molecule has 1 aliphatic rings. The van der Waals surface area contributed by atoms with E-state index in [1.54, 1.807) is 6.08 Å². The van der Waals surface area contributed by atoms with Gasteiger partial charge in [0.1, 0.15) is 12.4 Å². The van der Waals surface area contributed by atoms with Crippen LogP contribution in [0.4, 0.5) is 0 Å². The molecule has 0 atom stereocenters. The monoisotopic (exact) mass is 315 g/mol. The third-order valence-electron chi connectivity index (χ3n) is 3.29. The predicted molar refractivity (Wildman–Crippen MR) is 82.5 cm³/mol. The lowest BCUT2D eigenvalue weighted by atomic mass is 10.1. The van der Waals surface area contributed by atoms with Crippen LogP contribution < -0.4 is 10.1 Å². The molecule has 1 aliphatic heterocycles. The molecular formula is C17H17NO5. The number of methoxy groups -OCH3 is 1. The van der Waals surface area contributed by atoms with Crippen molar-refractivity contribution in [2.24, 2.45) is 0 Å². The van der Waals surface area contributed by atoms with Crippen LogP contribution in [0.25, 0.3) is 0 Å². The molecule has 1 aromatic carbocycles. The van der Waals surface area contributed by atoms with Crippen LogP contribution in [0.5, 0.6) is 5.75 Å². The molecule has 0 unspecified atom stereocenters. The third-order valence-corrected chi connectivity index (χ3v) is 3.29. The van der Waals surface area contributed by atoms with Crippen molar-refractivity contribution in [1.29, 1.82) is 0 Å². The molecule has 0 aromatic heterocycles. The standard InChI is InChI=1S/C17H17NO5/c1-3-4-11-5-6-12(14(7-11)22-2)10-23-16(20)9-13-8-15(19)18-17(13)21/h3,5-8H,1,4,9-10H2,2H3,(H,18,19,21). The van der Waals surface area contributed by atoms with Crippen molar-refractivity contribution >= 4 is 17.8 Å². The van der Waals surface area contributed by atoms with Crippen molar-refractivity contribution in [3.63, 3.8) is 0 Å². The first-order valence-electron chi connectivity index (χ1n) is 7.01. The summed E-state index contributed by atoms with van der Waals surface area (Å²) < 4.78 is 10.4. The fraction of sp³-hybridized carbons (Fsp3) is 0.235. The zero-order valence-corrected chi connectivity index (χ0v) is 12.8. The van der Waals surface area contributed by atoms with E-state index in [9.17, 15) is 14.4 Å². The van der Waals surface area contributed by atoms with Crippen LogP contribution in [0.3, 0.4) is 0 Å². The second kappa shape index (κ2) is 7.40. The van der Waals surface area contributed by atoms with E-state index in [4.69, 9.17) is 9.47 Å². The molecular weight excluding hydrogens is 298 g/mol. The highest BCUT2D eigenvalue weighted by Gasteiger charge is 2.23. The van der Waals surface area contributed by atoms with Crippen molar-refractivity contribution in [2.45, 2.75) is 19.4 Å². The van der Waals surface area contributed by atoms with E-state index < -0.39 is 17.8 Å². The zero-order valence-electron chi connectivity index (χ0n) is 12.8. The van der Waals surface area contributed by atoms with Gasteiger partial charge in [-0.15, -0.1) is 6.58 Å². The molecule has 0 bridgehead atoms. The maximum Gasteiger partial charge on any atom is 0.310 e. The highest BCUT2D eigenvalue weighted by molar-refractivity contribution is 6.17. The topological polar surface area (TPSA) is 81.7 Å². The van der Waals surface area contributed by atoms with Crippen LogP contribution >= 0.6 is 0 Å². The van der Waals surface area contributed by atoms with Crippen LogP contribution in [-0.4, -0.2) is 24.9 Å². The van der Waals surface area contributed by atoms with Gasteiger partial charge in [-0.2, -0.15) is 0 Å². The smallest absolute Gasteiger partial charge is 0.310 e. The SMILES string of the molecule is C=CCc1ccc(COC(=O)CC2=CC(=O)NC2=O)c(OC)c1. The van der Waals surface area contributed by atoms with Gasteiger partial charge in [0.05, 0.1) is 13.5 Å². The van der Waals surface area contributed by atoms with Gasteiger partial charge in [0.15, 0.2) is 0 Å². The van der Waals surface area contributed by atoms with E-state index in [0.717, 1.165) is 17.2 Å². The number of carbonyl (C=O) groups excluding carboxylic acids is 3. The molecule has 120 valence electrons. The summed E-state index contributed by atoms with van der Waals surface area (Å²) in [5, 5.41) is 2.08. The number of hydrogen-bond donors (Lipinski definition) is 1. The first-order chi connectivity index (χ1) is 11.0. The van der Waals surface area contributed by atoms with E-state index in [1.807, 2.05) is 18.2 Å². The van der Waals surface area contributed by atoms with Crippen molar-refractivity contribution < 1.29 is 23.9 Å². The minimum Gasteiger partial charge on any atom is -0.496 e. The van der Waals surface area contributed by atoms with Gasteiger partial charge in [0.25, 0.3) is 11.8 Å². The Morgan fingerprint density at radius 1 is 1.35 bits per heavy atom. The Labute approximate surface area is 133 Å². The van der Waals surface area contributed by atoms with Crippen LogP contribution in [0.15, 0.2) is 42.5 Å². The minimum absolute atomic E-state index is 0.0270. The first kappa shape index (κ1) is 16.5. The van der Waals surface area contributed by atoms with Crippen LogP contribution in [0.1, 0.15) is 17.5 Å². The summed E-state index contributed by atoms with van der Waals surface area (Å²) in [5.41, 5.74) is 1.86. The Balaban J connectivity index is 1.96. The summed E-state index contributed by atoms with van der Waals surface area (Å²) in [6.07, 6.45) is 3.37. The van der Waals surface area contributed by atoms with Crippen molar-refractivity contribution in [2.75, 3.05) is 7.11 Å². The molecule has 0 aliphatic carbocycles. The number of amides is 2. The largest absolute Gasteiger partial charge is 0.496 e. The molecule has 1 N–H and O–H groups in total. The highest BCUT2D eigenvalue weighted by Crippen LogP contribution is 2.22. The van der Waals surface area contributed by atoms with E-state index in [-0.39, 0.29) is 18.6 Å². The molecule has 6 nitrogen and oxygen atoms in total. The summed E-state index contributed by atoms with van der Waals surface area (Å²) in [6, 6.07) is 5.57. The molecule has 0 saturated carbocycles. The van der Waals surface area contributed by atoms with Gasteiger partial charge in [0.2, 0.25) is 0 Å². The Hall–Kier alpha value is -2.89. The lowest BCUT2D eigenvalue weighted by Crippen LogP contribution is -2.23. The number of allylic oxidation sites excluding steroid dienone is 1. The maximum absolute atomic E-state index is 11.8. The Kier molecular flexibility index (Phi) is 5.30. The Bertz CT molecular complexity index is 690. The summed E-state index contributed by atoms with van der Waals surface area (Å²) in [4.78, 5) is 34.2. The zero-order chi connectivity index (χ0) is 16.8. The molecule has 0 fully saturated rings. The molecule has 0 radical (unpaired) electrons. The summed E-state index contributed by atoms with van der Waals surface area (Å²) >= 11 is 0. The highest BCUT2D eigenvalue weighted by atomic mass is 16.5. The number of imide groups is 1. The van der Waals surface area contributed by atoms with Gasteiger partial charge in [-0.05, 0) is 18.1 Å². The minimum atomic E-state index is -0.585. The van der Waals surface area contributed by atoms with E-state index in [1.165, 1.54) is 7.11 Å². The summed E-state index contributed by atoms with van der Waals surface area (Å²) in [6.45, 7) is 3.71. The quantitative estimate of drug-likeness (QED) is 0.468. The third kappa shape index (κ3) is 4.29. The number of benzene rings is 1. The molecule has 0 spiro atoms.